The first-order chi connectivity index (χ1) is 7.79. The highest BCUT2D eigenvalue weighted by atomic mass is 16.5. The fourth-order valence-corrected chi connectivity index (χ4v) is 2.58. The van der Waals surface area contributed by atoms with Gasteiger partial charge in [0.05, 0.1) is 19.8 Å². The molecule has 1 fully saturated rings. The maximum absolute atomic E-state index is 8.61. The van der Waals surface area contributed by atoms with Gasteiger partial charge in [-0.3, -0.25) is 0 Å². The fraction of sp³-hybridized carbons (Fsp3) is 1.00. The van der Waals surface area contributed by atoms with Crippen LogP contribution < -0.4 is 5.73 Å². The van der Waals surface area contributed by atoms with E-state index >= 15 is 0 Å². The zero-order valence-corrected chi connectivity index (χ0v) is 10.4. The molecule has 1 aliphatic carbocycles. The molecule has 1 aliphatic rings. The first kappa shape index (κ1) is 13.9. The number of rotatable bonds is 7. The number of aliphatic hydroxyl groups is 1. The zero-order chi connectivity index (χ0) is 11.8. The van der Waals surface area contributed by atoms with Crippen LogP contribution in [0.5, 0.6) is 0 Å². The van der Waals surface area contributed by atoms with Crippen LogP contribution in [0, 0.1) is 5.92 Å². The van der Waals surface area contributed by atoms with Crippen molar-refractivity contribution < 1.29 is 9.84 Å². The molecule has 4 nitrogen and oxygen atoms in total. The van der Waals surface area contributed by atoms with Gasteiger partial charge in [-0.25, -0.2) is 0 Å². The second kappa shape index (κ2) is 8.01. The normalized spacial score (nSPS) is 26.2. The number of nitrogens with two attached hydrogens (primary N) is 1. The highest BCUT2D eigenvalue weighted by molar-refractivity contribution is 4.82. The minimum absolute atomic E-state index is 0.110. The predicted molar refractivity (Wildman–Crippen MR) is 65.3 cm³/mol. The van der Waals surface area contributed by atoms with E-state index in [1.165, 1.54) is 25.7 Å². The van der Waals surface area contributed by atoms with Gasteiger partial charge in [-0.15, -0.1) is 0 Å². The Kier molecular flexibility index (Phi) is 6.96. The van der Waals surface area contributed by atoms with Gasteiger partial charge in [0.2, 0.25) is 0 Å². The second-order valence-electron chi connectivity index (χ2n) is 4.66. The number of hydrogen-bond donors (Lipinski definition) is 2. The molecule has 0 spiro atoms. The Bertz CT molecular complexity index is 178. The van der Waals surface area contributed by atoms with Gasteiger partial charge < -0.3 is 20.5 Å². The molecule has 0 aromatic rings. The molecule has 1 rings (SSSR count). The van der Waals surface area contributed by atoms with E-state index in [1.54, 1.807) is 0 Å². The summed E-state index contributed by atoms with van der Waals surface area (Å²) in [5.41, 5.74) is 5.82. The van der Waals surface area contributed by atoms with Crippen LogP contribution in [0.2, 0.25) is 0 Å². The standard InChI is InChI=1S/C12H26N2O2/c1-14(6-8-16-9-7-15)12-5-3-2-4-11(12)10-13/h11-12,15H,2-10,13H2,1H3. The fourth-order valence-electron chi connectivity index (χ4n) is 2.58. The predicted octanol–water partition coefficient (Wildman–Crippen LogP) is 0.445. The number of aliphatic hydroxyl groups excluding tert-OH is 1. The van der Waals surface area contributed by atoms with Crippen molar-refractivity contribution >= 4 is 0 Å². The van der Waals surface area contributed by atoms with Crippen LogP contribution in [0.3, 0.4) is 0 Å². The van der Waals surface area contributed by atoms with Gasteiger partial charge in [-0.1, -0.05) is 12.8 Å². The Morgan fingerprint density at radius 1 is 1.31 bits per heavy atom. The molecule has 96 valence electrons. The van der Waals surface area contributed by atoms with E-state index in [2.05, 4.69) is 11.9 Å². The molecule has 0 radical (unpaired) electrons. The average molecular weight is 230 g/mol. The highest BCUT2D eigenvalue weighted by Gasteiger charge is 2.26. The largest absolute Gasteiger partial charge is 0.394 e. The Hall–Kier alpha value is -0.160. The lowest BCUT2D eigenvalue weighted by Crippen LogP contribution is -2.44. The number of hydrogen-bond acceptors (Lipinski definition) is 4. The molecule has 0 saturated heterocycles. The molecule has 2 unspecified atom stereocenters. The van der Waals surface area contributed by atoms with Gasteiger partial charge in [0.25, 0.3) is 0 Å². The molecule has 4 heteroatoms. The van der Waals surface area contributed by atoms with Crippen molar-refractivity contribution in [1.82, 2.24) is 4.90 Å². The van der Waals surface area contributed by atoms with Crippen LogP contribution in [0.25, 0.3) is 0 Å². The molecule has 3 N–H and O–H groups in total. The number of likely N-dealkylation sites (N-methyl/N-ethyl adjacent to an activating group) is 1. The van der Waals surface area contributed by atoms with Crippen molar-refractivity contribution in [3.63, 3.8) is 0 Å². The van der Waals surface area contributed by atoms with Crippen LogP contribution in [-0.4, -0.2) is 56.0 Å². The lowest BCUT2D eigenvalue weighted by molar-refractivity contribution is 0.0550. The molecule has 0 amide bonds. The summed E-state index contributed by atoms with van der Waals surface area (Å²) in [5.74, 6) is 0.650. The smallest absolute Gasteiger partial charge is 0.0698 e. The molecular weight excluding hydrogens is 204 g/mol. The van der Waals surface area contributed by atoms with Crippen LogP contribution in [-0.2, 0) is 4.74 Å². The van der Waals surface area contributed by atoms with Gasteiger partial charge in [-0.05, 0) is 32.4 Å². The average Bonchev–Trinajstić information content (AvgIpc) is 2.34. The highest BCUT2D eigenvalue weighted by Crippen LogP contribution is 2.26. The monoisotopic (exact) mass is 230 g/mol. The third-order valence-electron chi connectivity index (χ3n) is 3.56. The lowest BCUT2D eigenvalue weighted by atomic mass is 9.84. The van der Waals surface area contributed by atoms with Gasteiger partial charge in [0.1, 0.15) is 0 Å². The van der Waals surface area contributed by atoms with E-state index in [-0.39, 0.29) is 6.61 Å². The summed E-state index contributed by atoms with van der Waals surface area (Å²) in [6.45, 7) is 2.98. The quantitative estimate of drug-likeness (QED) is 0.623. The Morgan fingerprint density at radius 2 is 2.06 bits per heavy atom. The first-order valence-electron chi connectivity index (χ1n) is 6.38. The second-order valence-corrected chi connectivity index (χ2v) is 4.66. The SMILES string of the molecule is CN(CCOCCO)C1CCCCC1CN. The topological polar surface area (TPSA) is 58.7 Å². The minimum atomic E-state index is 0.110. The maximum Gasteiger partial charge on any atom is 0.0698 e. The van der Waals surface area contributed by atoms with Gasteiger partial charge in [0.15, 0.2) is 0 Å². The van der Waals surface area contributed by atoms with Crippen molar-refractivity contribution in [2.24, 2.45) is 11.7 Å². The lowest BCUT2D eigenvalue weighted by Gasteiger charge is -2.37. The molecule has 16 heavy (non-hydrogen) atoms. The molecule has 0 heterocycles. The summed E-state index contributed by atoms with van der Waals surface area (Å²) in [7, 11) is 2.15. The van der Waals surface area contributed by atoms with Gasteiger partial charge >= 0.3 is 0 Å². The van der Waals surface area contributed by atoms with Crippen molar-refractivity contribution in [2.75, 3.05) is 40.0 Å². The summed E-state index contributed by atoms with van der Waals surface area (Å²) >= 11 is 0. The van der Waals surface area contributed by atoms with Crippen molar-refractivity contribution in [2.45, 2.75) is 31.7 Å². The van der Waals surface area contributed by atoms with E-state index < -0.39 is 0 Å². The van der Waals surface area contributed by atoms with Crippen molar-refractivity contribution in [3.8, 4) is 0 Å². The molecule has 0 aromatic carbocycles. The molecule has 1 saturated carbocycles. The van der Waals surface area contributed by atoms with Gasteiger partial charge in [-0.2, -0.15) is 0 Å². The van der Waals surface area contributed by atoms with E-state index in [0.717, 1.165) is 13.1 Å². The van der Waals surface area contributed by atoms with Crippen LogP contribution in [0.15, 0.2) is 0 Å². The third kappa shape index (κ3) is 4.37. The van der Waals surface area contributed by atoms with Crippen LogP contribution in [0.4, 0.5) is 0 Å². The third-order valence-corrected chi connectivity index (χ3v) is 3.56. The summed E-state index contributed by atoms with van der Waals surface area (Å²) < 4.78 is 5.29. The molecular formula is C12H26N2O2. The molecule has 2 atom stereocenters. The minimum Gasteiger partial charge on any atom is -0.394 e. The summed E-state index contributed by atoms with van der Waals surface area (Å²) in [4.78, 5) is 2.37. The summed E-state index contributed by atoms with van der Waals surface area (Å²) in [5, 5.41) is 8.61. The van der Waals surface area contributed by atoms with Crippen molar-refractivity contribution in [1.29, 1.82) is 0 Å². The molecule has 0 aliphatic heterocycles. The Labute approximate surface area is 98.8 Å². The van der Waals surface area contributed by atoms with Gasteiger partial charge in [0, 0.05) is 12.6 Å². The van der Waals surface area contributed by atoms with Crippen molar-refractivity contribution in [3.05, 3.63) is 0 Å². The van der Waals surface area contributed by atoms with E-state index in [0.29, 0.717) is 25.2 Å². The van der Waals surface area contributed by atoms with E-state index in [1.807, 2.05) is 0 Å². The first-order valence-corrected chi connectivity index (χ1v) is 6.38. The maximum atomic E-state index is 8.61. The van der Waals surface area contributed by atoms with Crippen LogP contribution >= 0.6 is 0 Å². The van der Waals surface area contributed by atoms with E-state index in [9.17, 15) is 0 Å². The number of nitrogens with zero attached hydrogens (tertiary/aromatic N) is 1. The Morgan fingerprint density at radius 3 is 2.75 bits per heavy atom. The molecule has 0 bridgehead atoms. The molecule has 0 aromatic heterocycles. The zero-order valence-electron chi connectivity index (χ0n) is 10.4. The van der Waals surface area contributed by atoms with E-state index in [4.69, 9.17) is 15.6 Å². The Balaban J connectivity index is 2.24. The summed E-state index contributed by atoms with van der Waals surface area (Å²) in [6.07, 6.45) is 5.18. The number of ether oxygens (including phenoxy) is 1. The van der Waals surface area contributed by atoms with Crippen LogP contribution in [0.1, 0.15) is 25.7 Å². The summed E-state index contributed by atoms with van der Waals surface area (Å²) in [6, 6.07) is 0.622.